The fourth-order valence-corrected chi connectivity index (χ4v) is 1.78. The van der Waals surface area contributed by atoms with Crippen LogP contribution >= 0.6 is 0 Å². The summed E-state index contributed by atoms with van der Waals surface area (Å²) in [7, 11) is -1.92. The van der Waals surface area contributed by atoms with Crippen molar-refractivity contribution in [2.24, 2.45) is 0 Å². The third kappa shape index (κ3) is 4.42. The molecule has 1 rings (SSSR count). The monoisotopic (exact) mass is 228 g/mol. The largest absolute Gasteiger partial charge is 0.276 e. The summed E-state index contributed by atoms with van der Waals surface area (Å²) in [5.74, 6) is 0. The first kappa shape index (κ1) is 12.2. The van der Waals surface area contributed by atoms with Crippen molar-refractivity contribution in [2.75, 3.05) is 13.6 Å². The molecule has 0 aliphatic carbocycles. The molecule has 5 heteroatoms. The Labute approximate surface area is 90.9 Å². The molecule has 0 amide bonds. The first-order valence-corrected chi connectivity index (χ1v) is 6.25. The maximum absolute atomic E-state index is 11.0. The predicted molar refractivity (Wildman–Crippen MR) is 60.9 cm³/mol. The highest BCUT2D eigenvalue weighted by Crippen LogP contribution is 2.03. The van der Waals surface area contributed by atoms with Crippen LogP contribution in [0.3, 0.4) is 0 Å². The maximum atomic E-state index is 11.0. The van der Waals surface area contributed by atoms with E-state index in [1.165, 1.54) is 12.6 Å². The molecule has 0 aromatic heterocycles. The minimum absolute atomic E-state index is 0.409. The van der Waals surface area contributed by atoms with Gasteiger partial charge >= 0.3 is 0 Å². The van der Waals surface area contributed by atoms with E-state index in [4.69, 9.17) is 0 Å². The lowest BCUT2D eigenvalue weighted by atomic mass is 10.1. The SMILES string of the molecule is CNS(=O)(=O)NCCc1cccc(C)c1. The zero-order chi connectivity index (χ0) is 11.3. The van der Waals surface area contributed by atoms with E-state index in [9.17, 15) is 8.42 Å². The van der Waals surface area contributed by atoms with Gasteiger partial charge in [-0.25, -0.2) is 9.44 Å². The molecule has 0 saturated carbocycles. The van der Waals surface area contributed by atoms with Crippen molar-refractivity contribution in [3.8, 4) is 0 Å². The van der Waals surface area contributed by atoms with Crippen LogP contribution in [0.25, 0.3) is 0 Å². The van der Waals surface area contributed by atoms with Crippen molar-refractivity contribution in [1.82, 2.24) is 9.44 Å². The molecule has 2 N–H and O–H groups in total. The molecule has 0 atom stereocenters. The number of hydrogen-bond acceptors (Lipinski definition) is 2. The molecular formula is C10H16N2O2S. The Hall–Kier alpha value is -0.910. The van der Waals surface area contributed by atoms with E-state index in [1.807, 2.05) is 31.2 Å². The van der Waals surface area contributed by atoms with E-state index < -0.39 is 10.2 Å². The molecule has 0 fully saturated rings. The minimum atomic E-state index is -3.30. The molecule has 0 spiro atoms. The third-order valence-corrected chi connectivity index (χ3v) is 3.18. The summed E-state index contributed by atoms with van der Waals surface area (Å²) in [6, 6.07) is 8.02. The number of rotatable bonds is 5. The molecule has 4 nitrogen and oxygen atoms in total. The Morgan fingerprint density at radius 3 is 2.67 bits per heavy atom. The molecule has 15 heavy (non-hydrogen) atoms. The van der Waals surface area contributed by atoms with Crippen LogP contribution in [0, 0.1) is 6.92 Å². The van der Waals surface area contributed by atoms with Crippen molar-refractivity contribution in [1.29, 1.82) is 0 Å². The van der Waals surface area contributed by atoms with Gasteiger partial charge in [0.15, 0.2) is 0 Å². The molecule has 0 bridgehead atoms. The van der Waals surface area contributed by atoms with Crippen LogP contribution in [0.15, 0.2) is 24.3 Å². The van der Waals surface area contributed by atoms with Crippen LogP contribution in [-0.2, 0) is 16.6 Å². The maximum Gasteiger partial charge on any atom is 0.276 e. The summed E-state index contributed by atoms with van der Waals surface area (Å²) in [4.78, 5) is 0. The second kappa shape index (κ2) is 5.25. The van der Waals surface area contributed by atoms with E-state index in [2.05, 4.69) is 9.44 Å². The first-order chi connectivity index (χ1) is 7.03. The van der Waals surface area contributed by atoms with Gasteiger partial charge in [0.05, 0.1) is 0 Å². The van der Waals surface area contributed by atoms with Crippen molar-refractivity contribution in [3.05, 3.63) is 35.4 Å². The highest BCUT2D eigenvalue weighted by atomic mass is 32.2. The summed E-state index contributed by atoms with van der Waals surface area (Å²) in [5, 5.41) is 0. The average Bonchev–Trinajstić information content (AvgIpc) is 2.18. The second-order valence-electron chi connectivity index (χ2n) is 3.34. The van der Waals surface area contributed by atoms with Crippen LogP contribution < -0.4 is 9.44 Å². The lowest BCUT2D eigenvalue weighted by molar-refractivity contribution is 0.573. The number of nitrogens with one attached hydrogen (secondary N) is 2. The summed E-state index contributed by atoms with van der Waals surface area (Å²) >= 11 is 0. The molecule has 0 heterocycles. The minimum Gasteiger partial charge on any atom is -0.205 e. The molecule has 1 aromatic carbocycles. The molecule has 0 saturated heterocycles. The normalized spacial score (nSPS) is 11.6. The highest BCUT2D eigenvalue weighted by Gasteiger charge is 2.03. The van der Waals surface area contributed by atoms with Crippen molar-refractivity contribution < 1.29 is 8.42 Å². The third-order valence-electron chi connectivity index (χ3n) is 2.06. The molecule has 0 unspecified atom stereocenters. The van der Waals surface area contributed by atoms with Gasteiger partial charge in [-0.15, -0.1) is 0 Å². The number of hydrogen-bond donors (Lipinski definition) is 2. The predicted octanol–water partition coefficient (Wildman–Crippen LogP) is 0.591. The summed E-state index contributed by atoms with van der Waals surface area (Å²) in [6.45, 7) is 2.42. The topological polar surface area (TPSA) is 58.2 Å². The number of aryl methyl sites for hydroxylation is 1. The van der Waals surface area contributed by atoms with Gasteiger partial charge in [0, 0.05) is 13.6 Å². The summed E-state index contributed by atoms with van der Waals surface area (Å²) < 4.78 is 26.7. The Bertz CT molecular complexity index is 415. The van der Waals surface area contributed by atoms with Gasteiger partial charge < -0.3 is 0 Å². The molecule has 84 valence electrons. The van der Waals surface area contributed by atoms with E-state index >= 15 is 0 Å². The van der Waals surface area contributed by atoms with E-state index in [-0.39, 0.29) is 0 Å². The van der Waals surface area contributed by atoms with Crippen molar-refractivity contribution >= 4 is 10.2 Å². The molecule has 0 aliphatic heterocycles. The van der Waals surface area contributed by atoms with E-state index in [1.54, 1.807) is 0 Å². The van der Waals surface area contributed by atoms with Gasteiger partial charge in [-0.05, 0) is 18.9 Å². The van der Waals surface area contributed by atoms with Crippen LogP contribution in [0.4, 0.5) is 0 Å². The zero-order valence-corrected chi connectivity index (χ0v) is 9.76. The average molecular weight is 228 g/mol. The van der Waals surface area contributed by atoms with Gasteiger partial charge in [0.25, 0.3) is 10.2 Å². The summed E-state index contributed by atoms with van der Waals surface area (Å²) in [5.41, 5.74) is 2.32. The van der Waals surface area contributed by atoms with Gasteiger partial charge in [0.2, 0.25) is 0 Å². The Morgan fingerprint density at radius 1 is 1.33 bits per heavy atom. The molecular weight excluding hydrogens is 212 g/mol. The molecule has 1 aromatic rings. The molecule has 0 radical (unpaired) electrons. The Kier molecular flexibility index (Phi) is 4.26. The Balaban J connectivity index is 2.45. The highest BCUT2D eigenvalue weighted by molar-refractivity contribution is 7.87. The lowest BCUT2D eigenvalue weighted by Crippen LogP contribution is -2.35. The zero-order valence-electron chi connectivity index (χ0n) is 8.95. The smallest absolute Gasteiger partial charge is 0.205 e. The fraction of sp³-hybridized carbons (Fsp3) is 0.400. The summed E-state index contributed by atoms with van der Waals surface area (Å²) in [6.07, 6.45) is 0.697. The van der Waals surface area contributed by atoms with Gasteiger partial charge in [-0.2, -0.15) is 8.42 Å². The van der Waals surface area contributed by atoms with Gasteiger partial charge in [-0.1, -0.05) is 29.8 Å². The van der Waals surface area contributed by atoms with Crippen LogP contribution in [-0.4, -0.2) is 22.0 Å². The standard InChI is InChI=1S/C10H16N2O2S/c1-9-4-3-5-10(8-9)6-7-12-15(13,14)11-2/h3-5,8,11-12H,6-7H2,1-2H3. The van der Waals surface area contributed by atoms with E-state index in [0.29, 0.717) is 13.0 Å². The fourth-order valence-electron chi connectivity index (χ4n) is 1.27. The second-order valence-corrected chi connectivity index (χ2v) is 5.04. The molecule has 0 aliphatic rings. The number of benzene rings is 1. The lowest BCUT2D eigenvalue weighted by Gasteiger charge is -2.05. The quantitative estimate of drug-likeness (QED) is 0.775. The van der Waals surface area contributed by atoms with Crippen molar-refractivity contribution in [3.63, 3.8) is 0 Å². The van der Waals surface area contributed by atoms with Gasteiger partial charge in [-0.3, -0.25) is 0 Å². The van der Waals surface area contributed by atoms with Crippen LogP contribution in [0.1, 0.15) is 11.1 Å². The first-order valence-electron chi connectivity index (χ1n) is 4.77. The van der Waals surface area contributed by atoms with Crippen molar-refractivity contribution in [2.45, 2.75) is 13.3 Å². The van der Waals surface area contributed by atoms with Crippen LogP contribution in [0.5, 0.6) is 0 Å². The Morgan fingerprint density at radius 2 is 2.07 bits per heavy atom. The van der Waals surface area contributed by atoms with E-state index in [0.717, 1.165) is 5.56 Å². The van der Waals surface area contributed by atoms with Gasteiger partial charge in [0.1, 0.15) is 0 Å². The van der Waals surface area contributed by atoms with Crippen LogP contribution in [0.2, 0.25) is 0 Å².